The Labute approximate surface area is 160 Å². The molecule has 0 aliphatic carbocycles. The lowest BCUT2D eigenvalue weighted by Crippen LogP contribution is -2.31. The van der Waals surface area contributed by atoms with Gasteiger partial charge in [-0.05, 0) is 49.2 Å². The van der Waals surface area contributed by atoms with Crippen molar-refractivity contribution in [2.45, 2.75) is 25.7 Å². The minimum Gasteiger partial charge on any atom is -0.497 e. The normalized spacial score (nSPS) is 14.3. The number of hydrogen-bond acceptors (Lipinski definition) is 5. The van der Waals surface area contributed by atoms with Gasteiger partial charge in [-0.25, -0.2) is 4.98 Å². The number of nitrogens with one attached hydrogen (secondary N) is 1. The first-order chi connectivity index (χ1) is 13.3. The molecule has 1 saturated heterocycles. The van der Waals surface area contributed by atoms with Gasteiger partial charge in [-0.3, -0.25) is 4.79 Å². The number of ether oxygens (including phenoxy) is 2. The van der Waals surface area contributed by atoms with Crippen molar-refractivity contribution in [1.82, 2.24) is 9.88 Å². The number of likely N-dealkylation sites (tertiary alicyclic amines) is 1. The van der Waals surface area contributed by atoms with Crippen molar-refractivity contribution in [3.05, 3.63) is 48.2 Å². The van der Waals surface area contributed by atoms with E-state index in [2.05, 4.69) is 10.3 Å². The van der Waals surface area contributed by atoms with Crippen molar-refractivity contribution in [3.8, 4) is 11.5 Å². The zero-order chi connectivity index (χ0) is 18.9. The summed E-state index contributed by atoms with van der Waals surface area (Å²) in [6.45, 7) is 2.79. The standard InChI is InChI=1S/C21H27N3O3/c1-26-18-6-8-19(9-7-18)27-15-12-23-20-16-17(10-11-22-20)21(25)24-13-4-2-3-5-14-24/h6-11,16H,2-5,12-15H2,1H3,(H,22,23). The van der Waals surface area contributed by atoms with Gasteiger partial charge in [0.2, 0.25) is 0 Å². The smallest absolute Gasteiger partial charge is 0.254 e. The number of anilines is 1. The maximum absolute atomic E-state index is 12.7. The number of benzene rings is 1. The number of amides is 1. The van der Waals surface area contributed by atoms with Crippen LogP contribution >= 0.6 is 0 Å². The van der Waals surface area contributed by atoms with Crippen molar-refractivity contribution >= 4 is 11.7 Å². The van der Waals surface area contributed by atoms with E-state index in [1.165, 1.54) is 12.8 Å². The fourth-order valence-electron chi connectivity index (χ4n) is 3.14. The molecule has 1 aliphatic rings. The molecule has 144 valence electrons. The van der Waals surface area contributed by atoms with Gasteiger partial charge < -0.3 is 19.7 Å². The Morgan fingerprint density at radius 2 is 1.78 bits per heavy atom. The van der Waals surface area contributed by atoms with E-state index in [4.69, 9.17) is 9.47 Å². The SMILES string of the molecule is COc1ccc(OCCNc2cc(C(=O)N3CCCCCC3)ccn2)cc1. The minimum absolute atomic E-state index is 0.0943. The van der Waals surface area contributed by atoms with Gasteiger partial charge in [0, 0.05) is 24.8 Å². The zero-order valence-corrected chi connectivity index (χ0v) is 15.8. The van der Waals surface area contributed by atoms with Crippen LogP contribution in [0, 0.1) is 0 Å². The van der Waals surface area contributed by atoms with Crippen molar-refractivity contribution in [2.24, 2.45) is 0 Å². The summed E-state index contributed by atoms with van der Waals surface area (Å²) in [7, 11) is 1.64. The summed E-state index contributed by atoms with van der Waals surface area (Å²) < 4.78 is 10.8. The molecule has 0 unspecified atom stereocenters. The number of rotatable bonds is 7. The van der Waals surface area contributed by atoms with E-state index >= 15 is 0 Å². The summed E-state index contributed by atoms with van der Waals surface area (Å²) in [6, 6.07) is 11.1. The Morgan fingerprint density at radius 1 is 1.07 bits per heavy atom. The predicted octanol–water partition coefficient (Wildman–Crippen LogP) is 3.60. The molecular weight excluding hydrogens is 342 g/mol. The first-order valence-corrected chi connectivity index (χ1v) is 9.52. The Hall–Kier alpha value is -2.76. The zero-order valence-electron chi connectivity index (χ0n) is 15.8. The Kier molecular flexibility index (Phi) is 6.90. The van der Waals surface area contributed by atoms with E-state index in [0.717, 1.165) is 37.4 Å². The average Bonchev–Trinajstić information content (AvgIpc) is 3.01. The molecule has 1 aliphatic heterocycles. The molecule has 3 rings (SSSR count). The van der Waals surface area contributed by atoms with Crippen LogP contribution in [0.2, 0.25) is 0 Å². The molecule has 6 heteroatoms. The third-order valence-electron chi connectivity index (χ3n) is 4.64. The summed E-state index contributed by atoms with van der Waals surface area (Å²) in [4.78, 5) is 19.0. The molecule has 1 aromatic heterocycles. The second-order valence-electron chi connectivity index (χ2n) is 6.59. The predicted molar refractivity (Wildman–Crippen MR) is 106 cm³/mol. The number of hydrogen-bond donors (Lipinski definition) is 1. The van der Waals surface area contributed by atoms with Crippen molar-refractivity contribution in [1.29, 1.82) is 0 Å². The van der Waals surface area contributed by atoms with Crippen LogP contribution in [0.25, 0.3) is 0 Å². The lowest BCUT2D eigenvalue weighted by molar-refractivity contribution is 0.0761. The fourth-order valence-corrected chi connectivity index (χ4v) is 3.14. The molecule has 1 amide bonds. The highest BCUT2D eigenvalue weighted by Gasteiger charge is 2.17. The summed E-state index contributed by atoms with van der Waals surface area (Å²) >= 11 is 0. The molecule has 0 spiro atoms. The van der Waals surface area contributed by atoms with Crippen molar-refractivity contribution < 1.29 is 14.3 Å². The maximum Gasteiger partial charge on any atom is 0.254 e. The van der Waals surface area contributed by atoms with Crippen LogP contribution in [0.1, 0.15) is 36.0 Å². The van der Waals surface area contributed by atoms with E-state index < -0.39 is 0 Å². The van der Waals surface area contributed by atoms with Gasteiger partial charge in [-0.1, -0.05) is 12.8 Å². The Morgan fingerprint density at radius 3 is 2.48 bits per heavy atom. The van der Waals surface area contributed by atoms with Crippen LogP contribution in [0.15, 0.2) is 42.6 Å². The molecular formula is C21H27N3O3. The van der Waals surface area contributed by atoms with Crippen LogP contribution in [0.4, 0.5) is 5.82 Å². The molecule has 2 aromatic rings. The molecule has 1 N–H and O–H groups in total. The number of methoxy groups -OCH3 is 1. The lowest BCUT2D eigenvalue weighted by Gasteiger charge is -2.20. The summed E-state index contributed by atoms with van der Waals surface area (Å²) in [6.07, 6.45) is 6.27. The van der Waals surface area contributed by atoms with E-state index in [0.29, 0.717) is 24.5 Å². The molecule has 1 fully saturated rings. The molecule has 1 aromatic carbocycles. The van der Waals surface area contributed by atoms with Gasteiger partial charge in [-0.15, -0.1) is 0 Å². The van der Waals surface area contributed by atoms with Crippen LogP contribution in [-0.2, 0) is 0 Å². The molecule has 0 saturated carbocycles. The van der Waals surface area contributed by atoms with Gasteiger partial charge in [0.05, 0.1) is 13.7 Å². The maximum atomic E-state index is 12.7. The van der Waals surface area contributed by atoms with Gasteiger partial charge >= 0.3 is 0 Å². The van der Waals surface area contributed by atoms with E-state index in [9.17, 15) is 4.79 Å². The van der Waals surface area contributed by atoms with Crippen molar-refractivity contribution in [3.63, 3.8) is 0 Å². The van der Waals surface area contributed by atoms with Crippen LogP contribution in [0.3, 0.4) is 0 Å². The van der Waals surface area contributed by atoms with E-state index in [1.54, 1.807) is 19.4 Å². The fraction of sp³-hybridized carbons (Fsp3) is 0.429. The summed E-state index contributed by atoms with van der Waals surface area (Å²) in [5, 5.41) is 3.22. The van der Waals surface area contributed by atoms with E-state index in [-0.39, 0.29) is 5.91 Å². The number of aromatic nitrogens is 1. The topological polar surface area (TPSA) is 63.7 Å². The van der Waals surface area contributed by atoms with E-state index in [1.807, 2.05) is 35.2 Å². The minimum atomic E-state index is 0.0943. The van der Waals surface area contributed by atoms with Crippen LogP contribution in [-0.4, -0.2) is 49.1 Å². The number of pyridine rings is 1. The van der Waals surface area contributed by atoms with Gasteiger partial charge in [0.25, 0.3) is 5.91 Å². The van der Waals surface area contributed by atoms with Crippen molar-refractivity contribution in [2.75, 3.05) is 38.7 Å². The van der Waals surface area contributed by atoms with Crippen LogP contribution < -0.4 is 14.8 Å². The average molecular weight is 369 g/mol. The van der Waals surface area contributed by atoms with Gasteiger partial charge in [0.15, 0.2) is 0 Å². The third-order valence-corrected chi connectivity index (χ3v) is 4.64. The highest BCUT2D eigenvalue weighted by atomic mass is 16.5. The molecule has 0 bridgehead atoms. The molecule has 6 nitrogen and oxygen atoms in total. The molecule has 0 radical (unpaired) electrons. The highest BCUT2D eigenvalue weighted by Crippen LogP contribution is 2.17. The number of nitrogens with zero attached hydrogens (tertiary/aromatic N) is 2. The quantitative estimate of drug-likeness (QED) is 0.756. The summed E-state index contributed by atoms with van der Waals surface area (Å²) in [5.41, 5.74) is 0.686. The molecule has 27 heavy (non-hydrogen) atoms. The second-order valence-corrected chi connectivity index (χ2v) is 6.59. The first kappa shape index (κ1) is 19.0. The highest BCUT2D eigenvalue weighted by molar-refractivity contribution is 5.94. The largest absolute Gasteiger partial charge is 0.497 e. The Balaban J connectivity index is 1.48. The number of carbonyl (C=O) groups excluding carboxylic acids is 1. The monoisotopic (exact) mass is 369 g/mol. The van der Waals surface area contributed by atoms with Gasteiger partial charge in [-0.2, -0.15) is 0 Å². The van der Waals surface area contributed by atoms with Gasteiger partial charge in [0.1, 0.15) is 23.9 Å². The Bertz CT molecular complexity index is 726. The lowest BCUT2D eigenvalue weighted by atomic mass is 10.2. The summed E-state index contributed by atoms with van der Waals surface area (Å²) in [5.74, 6) is 2.37. The first-order valence-electron chi connectivity index (χ1n) is 9.52. The second kappa shape index (κ2) is 9.80. The number of carbonyl (C=O) groups is 1. The third kappa shape index (κ3) is 5.61. The molecule has 2 heterocycles. The van der Waals surface area contributed by atoms with Crippen LogP contribution in [0.5, 0.6) is 11.5 Å². The molecule has 0 atom stereocenters.